The topological polar surface area (TPSA) is 21.3 Å². The summed E-state index contributed by atoms with van der Waals surface area (Å²) in [4.78, 5) is 0. The Morgan fingerprint density at radius 3 is 2.75 bits per heavy atom. The summed E-state index contributed by atoms with van der Waals surface area (Å²) in [5.74, 6) is 0.857. The Balaban J connectivity index is 2.11. The molecule has 0 spiro atoms. The highest BCUT2D eigenvalue weighted by molar-refractivity contribution is 4.77. The van der Waals surface area contributed by atoms with E-state index in [9.17, 15) is 0 Å². The lowest BCUT2D eigenvalue weighted by atomic mass is 9.86. The zero-order valence-corrected chi connectivity index (χ0v) is 8.31. The molecule has 0 aromatic rings. The minimum atomic E-state index is 0.744. The van der Waals surface area contributed by atoms with E-state index in [0.717, 1.165) is 25.1 Å². The van der Waals surface area contributed by atoms with Crippen molar-refractivity contribution >= 4 is 0 Å². The summed E-state index contributed by atoms with van der Waals surface area (Å²) in [6.07, 6.45) is 5.56. The van der Waals surface area contributed by atoms with Crippen LogP contribution in [-0.2, 0) is 4.74 Å². The van der Waals surface area contributed by atoms with E-state index < -0.39 is 0 Å². The molecular formula is C10H21NO. The summed E-state index contributed by atoms with van der Waals surface area (Å²) in [5.41, 5.74) is 0. The van der Waals surface area contributed by atoms with Gasteiger partial charge in [-0.3, -0.25) is 0 Å². The maximum Gasteiger partial charge on any atom is 0.0587 e. The maximum absolute atomic E-state index is 5.01. The third-order valence-corrected chi connectivity index (χ3v) is 2.82. The molecule has 0 heterocycles. The highest BCUT2D eigenvalue weighted by Gasteiger charge is 2.19. The summed E-state index contributed by atoms with van der Waals surface area (Å²) < 4.78 is 5.01. The lowest BCUT2D eigenvalue weighted by Gasteiger charge is -2.29. The number of methoxy groups -OCH3 is 1. The Morgan fingerprint density at radius 2 is 2.08 bits per heavy atom. The molecule has 0 aliphatic heterocycles. The second kappa shape index (κ2) is 5.55. The summed E-state index contributed by atoms with van der Waals surface area (Å²) in [5, 5.41) is 3.55. The molecule has 0 amide bonds. The van der Waals surface area contributed by atoms with Gasteiger partial charge in [0.15, 0.2) is 0 Å². The predicted molar refractivity (Wildman–Crippen MR) is 51.3 cm³/mol. The monoisotopic (exact) mass is 171 g/mol. The van der Waals surface area contributed by atoms with E-state index in [4.69, 9.17) is 4.74 Å². The molecule has 0 saturated heterocycles. The minimum absolute atomic E-state index is 0.744. The number of hydrogen-bond donors (Lipinski definition) is 1. The van der Waals surface area contributed by atoms with Gasteiger partial charge in [0, 0.05) is 19.7 Å². The SMILES string of the molecule is COCCN[C@@H]1CCCC[C@@H]1C. The van der Waals surface area contributed by atoms with Gasteiger partial charge < -0.3 is 10.1 Å². The van der Waals surface area contributed by atoms with Crippen molar-refractivity contribution in [2.24, 2.45) is 5.92 Å². The third kappa shape index (κ3) is 3.11. The smallest absolute Gasteiger partial charge is 0.0587 e. The highest BCUT2D eigenvalue weighted by atomic mass is 16.5. The van der Waals surface area contributed by atoms with Crippen LogP contribution >= 0.6 is 0 Å². The van der Waals surface area contributed by atoms with Crippen LogP contribution in [0.5, 0.6) is 0 Å². The fraction of sp³-hybridized carbons (Fsp3) is 1.00. The molecule has 72 valence electrons. The molecule has 1 fully saturated rings. The first-order valence-electron chi connectivity index (χ1n) is 5.07. The Bertz CT molecular complexity index is 116. The molecule has 2 atom stereocenters. The summed E-state index contributed by atoms with van der Waals surface area (Å²) >= 11 is 0. The fourth-order valence-electron chi connectivity index (χ4n) is 1.97. The van der Waals surface area contributed by atoms with Crippen molar-refractivity contribution in [3.8, 4) is 0 Å². The van der Waals surface area contributed by atoms with Crippen LogP contribution in [0.4, 0.5) is 0 Å². The van der Waals surface area contributed by atoms with Crippen molar-refractivity contribution in [3.05, 3.63) is 0 Å². The quantitative estimate of drug-likeness (QED) is 0.651. The molecule has 0 aromatic heterocycles. The van der Waals surface area contributed by atoms with Crippen LogP contribution in [0.25, 0.3) is 0 Å². The molecule has 12 heavy (non-hydrogen) atoms. The summed E-state index contributed by atoms with van der Waals surface area (Å²) in [6.45, 7) is 4.19. The molecule has 1 aliphatic carbocycles. The lowest BCUT2D eigenvalue weighted by Crippen LogP contribution is -2.38. The molecule has 1 rings (SSSR count). The summed E-state index contributed by atoms with van der Waals surface area (Å²) in [6, 6.07) is 0.744. The van der Waals surface area contributed by atoms with Crippen molar-refractivity contribution in [1.82, 2.24) is 5.32 Å². The number of nitrogens with one attached hydrogen (secondary N) is 1. The standard InChI is InChI=1S/C10H21NO/c1-9-5-3-4-6-10(9)11-7-8-12-2/h9-11H,3-8H2,1-2H3/t9-,10+/m0/s1. The zero-order valence-electron chi connectivity index (χ0n) is 8.31. The van der Waals surface area contributed by atoms with Crippen molar-refractivity contribution in [3.63, 3.8) is 0 Å². The van der Waals surface area contributed by atoms with Gasteiger partial charge in [0.05, 0.1) is 6.61 Å². The minimum Gasteiger partial charge on any atom is -0.383 e. The molecule has 0 aromatic carbocycles. The van der Waals surface area contributed by atoms with Gasteiger partial charge in [0.2, 0.25) is 0 Å². The van der Waals surface area contributed by atoms with E-state index in [2.05, 4.69) is 12.2 Å². The second-order valence-electron chi connectivity index (χ2n) is 3.82. The van der Waals surface area contributed by atoms with E-state index in [1.807, 2.05) is 0 Å². The molecule has 1 aliphatic rings. The van der Waals surface area contributed by atoms with Gasteiger partial charge >= 0.3 is 0 Å². The van der Waals surface area contributed by atoms with Crippen LogP contribution in [0, 0.1) is 5.92 Å². The molecule has 2 nitrogen and oxygen atoms in total. The number of hydrogen-bond acceptors (Lipinski definition) is 2. The zero-order chi connectivity index (χ0) is 8.81. The highest BCUT2D eigenvalue weighted by Crippen LogP contribution is 2.23. The third-order valence-electron chi connectivity index (χ3n) is 2.82. The average Bonchev–Trinajstić information content (AvgIpc) is 2.09. The molecule has 1 saturated carbocycles. The fourth-order valence-corrected chi connectivity index (χ4v) is 1.97. The number of ether oxygens (including phenoxy) is 1. The van der Waals surface area contributed by atoms with Crippen molar-refractivity contribution < 1.29 is 4.74 Å². The van der Waals surface area contributed by atoms with E-state index in [-0.39, 0.29) is 0 Å². The van der Waals surface area contributed by atoms with Gasteiger partial charge in [0.1, 0.15) is 0 Å². The van der Waals surface area contributed by atoms with Crippen molar-refractivity contribution in [1.29, 1.82) is 0 Å². The van der Waals surface area contributed by atoms with Gasteiger partial charge in [-0.1, -0.05) is 19.8 Å². The van der Waals surface area contributed by atoms with Gasteiger partial charge in [-0.15, -0.1) is 0 Å². The van der Waals surface area contributed by atoms with E-state index in [0.29, 0.717) is 0 Å². The Kier molecular flexibility index (Phi) is 4.62. The molecule has 2 heteroatoms. The van der Waals surface area contributed by atoms with Gasteiger partial charge in [-0.2, -0.15) is 0 Å². The number of rotatable bonds is 4. The lowest BCUT2D eigenvalue weighted by molar-refractivity contribution is 0.184. The summed E-state index contributed by atoms with van der Waals surface area (Å²) in [7, 11) is 1.76. The van der Waals surface area contributed by atoms with Crippen molar-refractivity contribution in [2.75, 3.05) is 20.3 Å². The molecule has 0 unspecified atom stereocenters. The Hall–Kier alpha value is -0.0800. The Morgan fingerprint density at radius 1 is 1.33 bits per heavy atom. The molecule has 1 N–H and O–H groups in total. The van der Waals surface area contributed by atoms with Gasteiger partial charge in [-0.05, 0) is 18.8 Å². The molecule has 0 radical (unpaired) electrons. The van der Waals surface area contributed by atoms with Crippen molar-refractivity contribution in [2.45, 2.75) is 38.6 Å². The van der Waals surface area contributed by atoms with Gasteiger partial charge in [0.25, 0.3) is 0 Å². The maximum atomic E-state index is 5.01. The Labute approximate surface area is 75.7 Å². The second-order valence-corrected chi connectivity index (χ2v) is 3.82. The first-order chi connectivity index (χ1) is 5.84. The first-order valence-corrected chi connectivity index (χ1v) is 5.07. The molecule has 0 bridgehead atoms. The van der Waals surface area contributed by atoms with E-state index in [1.54, 1.807) is 7.11 Å². The predicted octanol–water partition coefficient (Wildman–Crippen LogP) is 1.80. The van der Waals surface area contributed by atoms with E-state index in [1.165, 1.54) is 25.7 Å². The van der Waals surface area contributed by atoms with Crippen LogP contribution < -0.4 is 5.32 Å². The first kappa shape index (κ1) is 10.0. The van der Waals surface area contributed by atoms with Crippen LogP contribution in [0.2, 0.25) is 0 Å². The molecular weight excluding hydrogens is 150 g/mol. The van der Waals surface area contributed by atoms with E-state index >= 15 is 0 Å². The largest absolute Gasteiger partial charge is 0.383 e. The van der Waals surface area contributed by atoms with Gasteiger partial charge in [-0.25, -0.2) is 0 Å². The van der Waals surface area contributed by atoms with Crippen LogP contribution in [-0.4, -0.2) is 26.3 Å². The van der Waals surface area contributed by atoms with Crippen LogP contribution in [0.1, 0.15) is 32.6 Å². The van der Waals surface area contributed by atoms with Crippen LogP contribution in [0.15, 0.2) is 0 Å². The van der Waals surface area contributed by atoms with Crippen LogP contribution in [0.3, 0.4) is 0 Å². The normalized spacial score (nSPS) is 30.5. The average molecular weight is 171 g/mol.